The lowest BCUT2D eigenvalue weighted by atomic mass is 10.3. The Kier molecular flexibility index (Phi) is 5.55. The zero-order valence-electron chi connectivity index (χ0n) is 12.3. The van der Waals surface area contributed by atoms with E-state index >= 15 is 0 Å². The van der Waals surface area contributed by atoms with Gasteiger partial charge >= 0.3 is 0 Å². The van der Waals surface area contributed by atoms with Gasteiger partial charge in [0, 0.05) is 43.2 Å². The number of thiazole rings is 1. The highest BCUT2D eigenvalue weighted by Crippen LogP contribution is 2.25. The summed E-state index contributed by atoms with van der Waals surface area (Å²) in [5.74, 6) is 0.891. The van der Waals surface area contributed by atoms with Gasteiger partial charge in [0.05, 0.1) is 6.04 Å². The molecule has 20 heavy (non-hydrogen) atoms. The second-order valence-electron chi connectivity index (χ2n) is 4.62. The minimum absolute atomic E-state index is 0.200. The molecule has 2 rings (SSSR count). The fourth-order valence-electron chi connectivity index (χ4n) is 1.97. The molecule has 0 spiro atoms. The average Bonchev–Trinajstić information content (AvgIpc) is 3.07. The number of hydrogen-bond donors (Lipinski definition) is 1. The molecule has 1 atom stereocenters. The van der Waals surface area contributed by atoms with Gasteiger partial charge in [-0.2, -0.15) is 0 Å². The number of anilines is 1. The van der Waals surface area contributed by atoms with Crippen LogP contribution in [0.5, 0.6) is 0 Å². The summed E-state index contributed by atoms with van der Waals surface area (Å²) in [5, 5.41) is 4.47. The van der Waals surface area contributed by atoms with E-state index in [1.165, 1.54) is 4.88 Å². The van der Waals surface area contributed by atoms with Crippen molar-refractivity contribution in [2.75, 3.05) is 25.1 Å². The van der Waals surface area contributed by atoms with Crippen LogP contribution in [0.2, 0.25) is 0 Å². The Morgan fingerprint density at radius 2 is 2.30 bits per heavy atom. The first-order valence-electron chi connectivity index (χ1n) is 6.99. The predicted molar refractivity (Wildman–Crippen MR) is 82.5 cm³/mol. The van der Waals surface area contributed by atoms with Crippen LogP contribution < -0.4 is 5.32 Å². The Labute approximate surface area is 124 Å². The molecule has 0 saturated carbocycles. The molecule has 0 amide bonds. The molecule has 0 aliphatic carbocycles. The summed E-state index contributed by atoms with van der Waals surface area (Å²) in [6.07, 6.45) is 6.71. The third-order valence-electron chi connectivity index (χ3n) is 3.04. The van der Waals surface area contributed by atoms with Crippen molar-refractivity contribution in [3.8, 4) is 0 Å². The normalized spacial score (nSPS) is 12.6. The maximum atomic E-state index is 5.33. The molecule has 110 valence electrons. The van der Waals surface area contributed by atoms with Crippen LogP contribution in [0.15, 0.2) is 18.6 Å². The van der Waals surface area contributed by atoms with Crippen molar-refractivity contribution >= 4 is 17.3 Å². The van der Waals surface area contributed by atoms with E-state index in [9.17, 15) is 0 Å². The maximum Gasteiger partial charge on any atom is 0.203 e. The number of imidazole rings is 1. The van der Waals surface area contributed by atoms with Crippen molar-refractivity contribution in [2.24, 2.45) is 0 Å². The van der Waals surface area contributed by atoms with E-state index in [2.05, 4.69) is 33.7 Å². The van der Waals surface area contributed by atoms with E-state index in [-0.39, 0.29) is 6.04 Å². The number of nitrogens with one attached hydrogen (secondary N) is 1. The van der Waals surface area contributed by atoms with Crippen LogP contribution in [0.25, 0.3) is 0 Å². The minimum atomic E-state index is 0.200. The third-order valence-corrected chi connectivity index (χ3v) is 4.12. The summed E-state index contributed by atoms with van der Waals surface area (Å²) < 4.78 is 7.45. The molecule has 2 heterocycles. The Morgan fingerprint density at radius 3 is 3.00 bits per heavy atom. The fourth-order valence-corrected chi connectivity index (χ4v) is 2.79. The molecule has 0 fully saturated rings. The van der Waals surface area contributed by atoms with Crippen molar-refractivity contribution in [1.29, 1.82) is 0 Å². The van der Waals surface area contributed by atoms with E-state index in [0.29, 0.717) is 0 Å². The largest absolute Gasteiger partial charge is 0.382 e. The molecule has 0 aliphatic rings. The van der Waals surface area contributed by atoms with Crippen LogP contribution in [0.4, 0.5) is 5.95 Å². The molecule has 1 N–H and O–H groups in total. The van der Waals surface area contributed by atoms with Crippen LogP contribution >= 0.6 is 11.3 Å². The molecule has 5 nitrogen and oxygen atoms in total. The number of nitrogens with zero attached hydrogens (tertiary/aromatic N) is 3. The summed E-state index contributed by atoms with van der Waals surface area (Å²) in [4.78, 5) is 10.1. The molecular weight excluding hydrogens is 272 g/mol. The van der Waals surface area contributed by atoms with Gasteiger partial charge in [-0.1, -0.05) is 0 Å². The van der Waals surface area contributed by atoms with Crippen LogP contribution in [-0.2, 0) is 4.74 Å². The molecule has 2 aromatic heterocycles. The molecule has 2 aromatic rings. The lowest BCUT2D eigenvalue weighted by molar-refractivity contribution is 0.147. The van der Waals surface area contributed by atoms with E-state index in [4.69, 9.17) is 4.74 Å². The predicted octanol–water partition coefficient (Wildman–Crippen LogP) is 3.10. The molecular formula is C14H22N4OS. The Morgan fingerprint density at radius 1 is 1.45 bits per heavy atom. The van der Waals surface area contributed by atoms with Crippen molar-refractivity contribution in [1.82, 2.24) is 14.5 Å². The van der Waals surface area contributed by atoms with E-state index in [0.717, 1.165) is 37.1 Å². The van der Waals surface area contributed by atoms with Gasteiger partial charge in [-0.15, -0.1) is 11.3 Å². The fraction of sp³-hybridized carbons (Fsp3) is 0.571. The van der Waals surface area contributed by atoms with Crippen LogP contribution in [0, 0.1) is 6.92 Å². The van der Waals surface area contributed by atoms with E-state index < -0.39 is 0 Å². The minimum Gasteiger partial charge on any atom is -0.382 e. The van der Waals surface area contributed by atoms with Gasteiger partial charge in [-0.25, -0.2) is 9.97 Å². The van der Waals surface area contributed by atoms with Crippen molar-refractivity contribution in [2.45, 2.75) is 33.2 Å². The monoisotopic (exact) mass is 294 g/mol. The number of aryl methyl sites for hydroxylation is 1. The van der Waals surface area contributed by atoms with Crippen molar-refractivity contribution < 1.29 is 4.74 Å². The van der Waals surface area contributed by atoms with Gasteiger partial charge in [-0.05, 0) is 27.2 Å². The summed E-state index contributed by atoms with van der Waals surface area (Å²) in [6.45, 7) is 8.65. The zero-order chi connectivity index (χ0) is 14.4. The van der Waals surface area contributed by atoms with E-state index in [1.54, 1.807) is 11.3 Å². The molecule has 6 heteroatoms. The topological polar surface area (TPSA) is 52.0 Å². The van der Waals surface area contributed by atoms with Gasteiger partial charge in [0.15, 0.2) is 0 Å². The third kappa shape index (κ3) is 3.80. The highest BCUT2D eigenvalue weighted by molar-refractivity contribution is 7.11. The summed E-state index contributed by atoms with van der Waals surface area (Å²) in [7, 11) is 0. The summed E-state index contributed by atoms with van der Waals surface area (Å²) in [5.41, 5.74) is 0. The molecule has 0 aliphatic heterocycles. The quantitative estimate of drug-likeness (QED) is 0.760. The summed E-state index contributed by atoms with van der Waals surface area (Å²) >= 11 is 1.73. The zero-order valence-corrected chi connectivity index (χ0v) is 13.1. The number of ether oxygens (including phenoxy) is 1. The smallest absolute Gasteiger partial charge is 0.203 e. The highest BCUT2D eigenvalue weighted by Gasteiger charge is 2.14. The van der Waals surface area contributed by atoms with Crippen LogP contribution in [0.1, 0.15) is 36.2 Å². The first kappa shape index (κ1) is 15.0. The summed E-state index contributed by atoms with van der Waals surface area (Å²) in [6, 6.07) is 0.200. The Bertz CT molecular complexity index is 523. The molecule has 0 bridgehead atoms. The standard InChI is InChI=1S/C14H22N4OS/c1-4-19-9-5-6-15-14-16-7-8-18(14)12(3)13-17-10-11(2)20-13/h7-8,10,12H,4-6,9H2,1-3H3,(H,15,16). The molecule has 1 unspecified atom stereocenters. The van der Waals surface area contributed by atoms with Gasteiger partial charge in [0.2, 0.25) is 5.95 Å². The first-order valence-corrected chi connectivity index (χ1v) is 7.80. The second-order valence-corrected chi connectivity index (χ2v) is 5.89. The second kappa shape index (κ2) is 7.40. The molecule has 0 radical (unpaired) electrons. The van der Waals surface area contributed by atoms with Gasteiger partial charge in [0.1, 0.15) is 5.01 Å². The molecule has 0 saturated heterocycles. The first-order chi connectivity index (χ1) is 9.72. The lowest BCUT2D eigenvalue weighted by Gasteiger charge is -2.15. The van der Waals surface area contributed by atoms with Crippen LogP contribution in [0.3, 0.4) is 0 Å². The number of aromatic nitrogens is 3. The SMILES string of the molecule is CCOCCCNc1nccn1C(C)c1ncc(C)s1. The highest BCUT2D eigenvalue weighted by atomic mass is 32.1. The van der Waals surface area contributed by atoms with Crippen LogP contribution in [-0.4, -0.2) is 34.3 Å². The number of hydrogen-bond acceptors (Lipinski definition) is 5. The maximum absolute atomic E-state index is 5.33. The Balaban J connectivity index is 1.94. The van der Waals surface area contributed by atoms with Gasteiger partial charge < -0.3 is 14.6 Å². The average molecular weight is 294 g/mol. The molecule has 0 aromatic carbocycles. The lowest BCUT2D eigenvalue weighted by Crippen LogP contribution is -2.13. The van der Waals surface area contributed by atoms with Crippen molar-refractivity contribution in [3.05, 3.63) is 28.5 Å². The van der Waals surface area contributed by atoms with E-state index in [1.807, 2.05) is 25.5 Å². The van der Waals surface area contributed by atoms with Crippen molar-refractivity contribution in [3.63, 3.8) is 0 Å². The van der Waals surface area contributed by atoms with Gasteiger partial charge in [-0.3, -0.25) is 0 Å². The Hall–Kier alpha value is -1.40. The number of rotatable bonds is 8. The van der Waals surface area contributed by atoms with Gasteiger partial charge in [0.25, 0.3) is 0 Å².